The summed E-state index contributed by atoms with van der Waals surface area (Å²) in [4.78, 5) is 11.7. The summed E-state index contributed by atoms with van der Waals surface area (Å²) in [6.45, 7) is 2.83. The Labute approximate surface area is 127 Å². The van der Waals surface area contributed by atoms with Gasteiger partial charge >= 0.3 is 0 Å². The van der Waals surface area contributed by atoms with Gasteiger partial charge < -0.3 is 21.5 Å². The lowest BCUT2D eigenvalue weighted by Gasteiger charge is -2.13. The Morgan fingerprint density at radius 3 is 2.62 bits per heavy atom. The van der Waals surface area contributed by atoms with Crippen molar-refractivity contribution < 1.29 is 9.53 Å². The zero-order chi connectivity index (χ0) is 15.4. The molecule has 2 rings (SSSR count). The Morgan fingerprint density at radius 1 is 1.38 bits per heavy atom. The molecule has 0 aliphatic heterocycles. The van der Waals surface area contributed by atoms with Crippen molar-refractivity contribution in [2.45, 2.75) is 12.8 Å². The summed E-state index contributed by atoms with van der Waals surface area (Å²) in [6, 6.07) is 10.2. The van der Waals surface area contributed by atoms with E-state index in [0.717, 1.165) is 5.00 Å². The number of thiophene rings is 1. The van der Waals surface area contributed by atoms with Gasteiger partial charge in [0.1, 0.15) is 15.6 Å². The fourth-order valence-electron chi connectivity index (χ4n) is 2.08. The molecule has 1 aromatic heterocycles. The Hall–Kier alpha value is -2.21. The van der Waals surface area contributed by atoms with Gasteiger partial charge in [-0.3, -0.25) is 4.79 Å². The largest absolute Gasteiger partial charge is 0.492 e. The van der Waals surface area contributed by atoms with Crippen molar-refractivity contribution in [2.24, 2.45) is 5.73 Å². The molecular formula is C15H19N3O2S. The third-order valence-electron chi connectivity index (χ3n) is 3.26. The van der Waals surface area contributed by atoms with Gasteiger partial charge in [0.15, 0.2) is 5.75 Å². The summed E-state index contributed by atoms with van der Waals surface area (Å²) in [6.07, 6.45) is 0. The third kappa shape index (κ3) is 3.28. The van der Waals surface area contributed by atoms with E-state index in [2.05, 4.69) is 24.4 Å². The number of rotatable bonds is 6. The molecule has 1 unspecified atom stereocenters. The molecule has 5 N–H and O–H groups in total. The van der Waals surface area contributed by atoms with Crippen molar-refractivity contribution in [3.8, 4) is 5.75 Å². The quantitative estimate of drug-likeness (QED) is 0.765. The Balaban J connectivity index is 2.13. The van der Waals surface area contributed by atoms with E-state index in [4.69, 9.17) is 16.2 Å². The van der Waals surface area contributed by atoms with Crippen LogP contribution in [0, 0.1) is 0 Å². The van der Waals surface area contributed by atoms with Crippen molar-refractivity contribution in [2.75, 3.05) is 24.7 Å². The minimum absolute atomic E-state index is 0.296. The average molecular weight is 305 g/mol. The number of nitrogens with two attached hydrogens (primary N) is 2. The highest BCUT2D eigenvalue weighted by Gasteiger charge is 2.20. The van der Waals surface area contributed by atoms with Gasteiger partial charge in [0.25, 0.3) is 5.91 Å². The number of primary amides is 1. The monoisotopic (exact) mass is 305 g/mol. The minimum atomic E-state index is -0.542. The summed E-state index contributed by atoms with van der Waals surface area (Å²) in [5, 5.41) is 4.01. The predicted octanol–water partition coefficient (Wildman–Crippen LogP) is 2.65. The SMILES string of the molecule is COc1c(NCC(C)c2ccccc2)sc(C(N)=O)c1N. The predicted molar refractivity (Wildman–Crippen MR) is 87.1 cm³/mol. The van der Waals surface area contributed by atoms with E-state index in [0.29, 0.717) is 28.8 Å². The highest BCUT2D eigenvalue weighted by molar-refractivity contribution is 7.19. The number of benzene rings is 1. The fourth-order valence-corrected chi connectivity index (χ4v) is 3.02. The van der Waals surface area contributed by atoms with E-state index in [1.165, 1.54) is 24.0 Å². The number of methoxy groups -OCH3 is 1. The Morgan fingerprint density at radius 2 is 2.05 bits per heavy atom. The number of nitrogen functional groups attached to an aromatic ring is 1. The van der Waals surface area contributed by atoms with E-state index in [-0.39, 0.29) is 0 Å². The van der Waals surface area contributed by atoms with Crippen molar-refractivity contribution in [3.05, 3.63) is 40.8 Å². The van der Waals surface area contributed by atoms with Crippen LogP contribution < -0.4 is 21.5 Å². The highest BCUT2D eigenvalue weighted by Crippen LogP contribution is 2.42. The zero-order valence-corrected chi connectivity index (χ0v) is 12.9. The second kappa shape index (κ2) is 6.49. The van der Waals surface area contributed by atoms with Crippen LogP contribution >= 0.6 is 11.3 Å². The summed E-state index contributed by atoms with van der Waals surface area (Å²) in [5.74, 6) is 0.255. The first-order valence-electron chi connectivity index (χ1n) is 6.59. The van der Waals surface area contributed by atoms with Crippen LogP contribution in [-0.4, -0.2) is 19.6 Å². The number of hydrogen-bond acceptors (Lipinski definition) is 5. The number of nitrogens with one attached hydrogen (secondary N) is 1. The number of amides is 1. The molecule has 0 saturated heterocycles. The molecule has 0 aliphatic carbocycles. The zero-order valence-electron chi connectivity index (χ0n) is 12.1. The lowest BCUT2D eigenvalue weighted by Crippen LogP contribution is -2.10. The van der Waals surface area contributed by atoms with Crippen LogP contribution in [0.5, 0.6) is 5.75 Å². The number of hydrogen-bond donors (Lipinski definition) is 3. The van der Waals surface area contributed by atoms with E-state index in [1.54, 1.807) is 0 Å². The third-order valence-corrected chi connectivity index (χ3v) is 4.42. The molecule has 6 heteroatoms. The molecule has 1 amide bonds. The molecule has 1 atom stereocenters. The molecule has 112 valence electrons. The van der Waals surface area contributed by atoms with E-state index in [9.17, 15) is 4.79 Å². The molecule has 0 radical (unpaired) electrons. The standard InChI is InChI=1S/C15H19N3O2S/c1-9(10-6-4-3-5-7-10)8-18-15-12(20-2)11(16)13(21-15)14(17)19/h3-7,9,18H,8,16H2,1-2H3,(H2,17,19). The van der Waals surface area contributed by atoms with Gasteiger partial charge in [-0.15, -0.1) is 11.3 Å². The second-order valence-electron chi connectivity index (χ2n) is 4.76. The van der Waals surface area contributed by atoms with Gasteiger partial charge in [0.2, 0.25) is 0 Å². The van der Waals surface area contributed by atoms with Gasteiger partial charge in [0, 0.05) is 6.54 Å². The number of carbonyl (C=O) groups is 1. The molecular weight excluding hydrogens is 286 g/mol. The number of anilines is 2. The molecule has 1 aromatic carbocycles. The number of carbonyl (C=O) groups excluding carboxylic acids is 1. The summed E-state index contributed by atoms with van der Waals surface area (Å²) in [7, 11) is 1.52. The summed E-state index contributed by atoms with van der Waals surface area (Å²) >= 11 is 1.22. The average Bonchev–Trinajstić information content (AvgIpc) is 2.81. The van der Waals surface area contributed by atoms with Crippen LogP contribution in [0.2, 0.25) is 0 Å². The molecule has 1 heterocycles. The maximum absolute atomic E-state index is 11.3. The van der Waals surface area contributed by atoms with Crippen LogP contribution in [-0.2, 0) is 0 Å². The first-order valence-corrected chi connectivity index (χ1v) is 7.41. The minimum Gasteiger partial charge on any atom is -0.492 e. The fraction of sp³-hybridized carbons (Fsp3) is 0.267. The lowest BCUT2D eigenvalue weighted by molar-refractivity contribution is 0.100. The van der Waals surface area contributed by atoms with Gasteiger partial charge in [-0.25, -0.2) is 0 Å². The molecule has 0 fully saturated rings. The van der Waals surface area contributed by atoms with Gasteiger partial charge in [-0.2, -0.15) is 0 Å². The Bertz CT molecular complexity index is 625. The topological polar surface area (TPSA) is 90.4 Å². The van der Waals surface area contributed by atoms with Crippen molar-refractivity contribution in [1.29, 1.82) is 0 Å². The molecule has 21 heavy (non-hydrogen) atoms. The van der Waals surface area contributed by atoms with Crippen molar-refractivity contribution in [1.82, 2.24) is 0 Å². The summed E-state index contributed by atoms with van der Waals surface area (Å²) < 4.78 is 5.26. The van der Waals surface area contributed by atoms with Crippen LogP contribution in [0.1, 0.15) is 28.1 Å². The van der Waals surface area contributed by atoms with Crippen molar-refractivity contribution in [3.63, 3.8) is 0 Å². The number of ether oxygens (including phenoxy) is 1. The normalized spacial score (nSPS) is 11.9. The molecule has 0 aliphatic rings. The van der Waals surface area contributed by atoms with Crippen LogP contribution in [0.25, 0.3) is 0 Å². The van der Waals surface area contributed by atoms with Crippen LogP contribution in [0.4, 0.5) is 10.7 Å². The molecule has 0 spiro atoms. The first kappa shape index (κ1) is 15.2. The van der Waals surface area contributed by atoms with Crippen LogP contribution in [0.3, 0.4) is 0 Å². The van der Waals surface area contributed by atoms with E-state index >= 15 is 0 Å². The smallest absolute Gasteiger partial charge is 0.261 e. The Kier molecular flexibility index (Phi) is 4.70. The van der Waals surface area contributed by atoms with Gasteiger partial charge in [0.05, 0.1) is 7.11 Å². The van der Waals surface area contributed by atoms with E-state index < -0.39 is 5.91 Å². The molecule has 2 aromatic rings. The maximum atomic E-state index is 11.3. The van der Waals surface area contributed by atoms with Crippen molar-refractivity contribution >= 4 is 27.9 Å². The summed E-state index contributed by atoms with van der Waals surface area (Å²) in [5.41, 5.74) is 12.7. The lowest BCUT2D eigenvalue weighted by atomic mass is 10.0. The first-order chi connectivity index (χ1) is 10.0. The van der Waals surface area contributed by atoms with E-state index in [1.807, 2.05) is 18.2 Å². The van der Waals surface area contributed by atoms with Gasteiger partial charge in [-0.1, -0.05) is 37.3 Å². The van der Waals surface area contributed by atoms with Crippen LogP contribution in [0.15, 0.2) is 30.3 Å². The second-order valence-corrected chi connectivity index (χ2v) is 5.78. The van der Waals surface area contributed by atoms with Gasteiger partial charge in [-0.05, 0) is 11.5 Å². The molecule has 0 bridgehead atoms. The maximum Gasteiger partial charge on any atom is 0.261 e. The molecule has 5 nitrogen and oxygen atoms in total. The highest BCUT2D eigenvalue weighted by atomic mass is 32.1. The molecule has 0 saturated carbocycles.